The summed E-state index contributed by atoms with van der Waals surface area (Å²) < 4.78 is 64.9. The summed E-state index contributed by atoms with van der Waals surface area (Å²) in [4.78, 5) is 85.0. The fourth-order valence-corrected chi connectivity index (χ4v) is 13.8. The third-order valence-electron chi connectivity index (χ3n) is 15.7. The van der Waals surface area contributed by atoms with E-state index in [9.17, 15) is 34.2 Å². The number of cyclic esters (lactones) is 1. The number of ether oxygens (including phenoxy) is 9. The Morgan fingerprint density at radius 2 is 1.41 bits per heavy atom. The molecule has 7 fully saturated rings. The predicted octanol–water partition coefficient (Wildman–Crippen LogP) is 4.30. The van der Waals surface area contributed by atoms with Crippen LogP contribution in [0.2, 0.25) is 0 Å². The minimum absolute atomic E-state index is 0.187. The number of allylic oxidation sites excluding steroid dienone is 1. The average molecular weight is 887 g/mol. The van der Waals surface area contributed by atoms with E-state index >= 15 is 4.79 Å². The smallest absolute Gasteiger partial charge is 0.338 e. The van der Waals surface area contributed by atoms with Gasteiger partial charge in [-0.2, -0.15) is 0 Å². The Bertz CT molecular complexity index is 2200. The molecule has 15 atom stereocenters. The molecule has 4 heterocycles. The SMILES string of the molecule is COC(=O)C[C@H]1C2(C)C[C@@]34O[C@]5(C)O[C@]6([C@@H]7/C(=C(/O)C(C)C)C(=O)O[C@@H](c8ccoc8)[C@]7(C)C(OC(=O)C(C)C)C(OC(=O)C(C)C)[C@]6(O5)[C@]13C)[C@H](OC(C)=O)[C@@]4(O)[C@H]2OC(C)=O. The molecule has 18 nitrogen and oxygen atoms in total. The van der Waals surface area contributed by atoms with Crippen LogP contribution in [0.3, 0.4) is 0 Å². The first-order valence-corrected chi connectivity index (χ1v) is 21.5. The first kappa shape index (κ1) is 45.1. The van der Waals surface area contributed by atoms with Crippen molar-refractivity contribution in [3.63, 3.8) is 0 Å². The van der Waals surface area contributed by atoms with E-state index in [1.54, 1.807) is 62.3 Å². The van der Waals surface area contributed by atoms with Crippen LogP contribution in [0, 0.1) is 45.8 Å². The number of methoxy groups -OCH3 is 1. The normalized spacial score (nSPS) is 45.7. The number of rotatable bonds is 10. The zero-order valence-electron chi connectivity index (χ0n) is 37.8. The van der Waals surface area contributed by atoms with Gasteiger partial charge in [-0.1, -0.05) is 62.3 Å². The number of hydrogen-bond donors (Lipinski definition) is 2. The highest BCUT2D eigenvalue weighted by atomic mass is 16.9. The van der Waals surface area contributed by atoms with Crippen LogP contribution in [0.15, 0.2) is 34.3 Å². The lowest BCUT2D eigenvalue weighted by Gasteiger charge is -2.78. The minimum atomic E-state index is -2.63. The second-order valence-electron chi connectivity index (χ2n) is 20.2. The third kappa shape index (κ3) is 5.09. The maximum absolute atomic E-state index is 15.1. The molecule has 4 saturated carbocycles. The van der Waals surface area contributed by atoms with Gasteiger partial charge in [-0.25, -0.2) is 4.79 Å². The van der Waals surface area contributed by atoms with Crippen LogP contribution >= 0.6 is 0 Å². The molecule has 7 aliphatic rings. The summed E-state index contributed by atoms with van der Waals surface area (Å²) in [6.07, 6.45) is -6.70. The molecular formula is C45H58O18. The second-order valence-corrected chi connectivity index (χ2v) is 20.2. The molecule has 346 valence electrons. The van der Waals surface area contributed by atoms with Crippen molar-refractivity contribution in [3.8, 4) is 0 Å². The molecule has 3 aliphatic heterocycles. The molecular weight excluding hydrogens is 828 g/mol. The van der Waals surface area contributed by atoms with Crippen LogP contribution in [0.5, 0.6) is 0 Å². The van der Waals surface area contributed by atoms with Gasteiger partial charge in [-0.05, 0) is 18.4 Å². The van der Waals surface area contributed by atoms with Gasteiger partial charge in [0.1, 0.15) is 23.6 Å². The van der Waals surface area contributed by atoms with E-state index < -0.39 is 158 Å². The number of carbonyl (C=O) groups is 6. The number of hydrogen-bond acceptors (Lipinski definition) is 18. The van der Waals surface area contributed by atoms with Crippen molar-refractivity contribution in [2.24, 2.45) is 45.8 Å². The van der Waals surface area contributed by atoms with Crippen LogP contribution < -0.4 is 0 Å². The van der Waals surface area contributed by atoms with E-state index in [4.69, 9.17) is 47.0 Å². The Kier molecular flexibility index (Phi) is 9.84. The standard InChI is InChI=1S/C45H58O18/c1-19(2)28(49)27-29-39(10,30(58-35(27)52)24-14-15-55-17-24)31(59-33(50)20(3)4)32(60-34(51)21(5)6)45-40(11)25(16-26(48)54-13)38(9)18-42(40)43(53,36(38)56-22(7)46)37(57-23(8)47)44(29,45)62-41(12,61-42)63-45/h14-15,17,19-21,25,29-32,36-37,49,53H,16,18H2,1-13H3/b28-27-/t25-,29+,30-,31?,32?,36-,37+,38?,39+,40+,41+,42+,43-,44+,45-/m0/s1. The highest BCUT2D eigenvalue weighted by Gasteiger charge is 3.07. The fraction of sp³-hybridized carbons (Fsp3) is 0.733. The van der Waals surface area contributed by atoms with Crippen molar-refractivity contribution in [1.29, 1.82) is 0 Å². The summed E-state index contributed by atoms with van der Waals surface area (Å²) in [7, 11) is 1.20. The Hall–Kier alpha value is -4.52. The van der Waals surface area contributed by atoms with Gasteiger partial charge in [0.05, 0.1) is 42.5 Å². The van der Waals surface area contributed by atoms with Crippen molar-refractivity contribution in [2.75, 3.05) is 7.11 Å². The molecule has 4 aliphatic carbocycles. The van der Waals surface area contributed by atoms with Gasteiger partial charge in [-0.3, -0.25) is 24.0 Å². The van der Waals surface area contributed by atoms with Gasteiger partial charge in [0.15, 0.2) is 35.1 Å². The van der Waals surface area contributed by atoms with E-state index in [2.05, 4.69) is 0 Å². The lowest BCUT2D eigenvalue weighted by molar-refractivity contribution is -0.490. The number of aliphatic hydroxyl groups is 2. The summed E-state index contributed by atoms with van der Waals surface area (Å²) in [6, 6.07) is 1.52. The lowest BCUT2D eigenvalue weighted by atomic mass is 9.32. The van der Waals surface area contributed by atoms with Gasteiger partial charge >= 0.3 is 35.8 Å². The Morgan fingerprint density at radius 1 is 0.825 bits per heavy atom. The minimum Gasteiger partial charge on any atom is -0.511 e. The number of esters is 6. The van der Waals surface area contributed by atoms with Crippen LogP contribution in [0.4, 0.5) is 0 Å². The molecule has 1 aromatic heterocycles. The number of furan rings is 1. The summed E-state index contributed by atoms with van der Waals surface area (Å²) in [5.41, 5.74) is -15.2. The summed E-state index contributed by atoms with van der Waals surface area (Å²) in [5, 5.41) is 26.6. The number of fused-ring (bicyclic) bond motifs is 3. The van der Waals surface area contributed by atoms with Crippen LogP contribution in [-0.2, 0) is 71.4 Å². The molecule has 0 radical (unpaired) electrons. The number of carbonyl (C=O) groups excluding carboxylic acids is 6. The van der Waals surface area contributed by atoms with E-state index in [-0.39, 0.29) is 12.0 Å². The van der Waals surface area contributed by atoms with Crippen molar-refractivity contribution >= 4 is 35.8 Å². The lowest BCUT2D eigenvalue weighted by Crippen LogP contribution is -2.97. The molecule has 4 bridgehead atoms. The highest BCUT2D eigenvalue weighted by molar-refractivity contribution is 5.92. The van der Waals surface area contributed by atoms with E-state index in [1.165, 1.54) is 32.6 Å². The zero-order valence-corrected chi connectivity index (χ0v) is 37.8. The average Bonchev–Trinajstić information content (AvgIpc) is 3.89. The van der Waals surface area contributed by atoms with Crippen molar-refractivity contribution < 1.29 is 86.0 Å². The number of aliphatic hydroxyl groups excluding tert-OH is 1. The molecule has 3 unspecified atom stereocenters. The van der Waals surface area contributed by atoms with Crippen molar-refractivity contribution in [1.82, 2.24) is 0 Å². The Labute approximate surface area is 364 Å². The maximum Gasteiger partial charge on any atom is 0.338 e. The van der Waals surface area contributed by atoms with E-state index in [0.29, 0.717) is 0 Å². The topological polar surface area (TPSA) is 239 Å². The van der Waals surface area contributed by atoms with Gasteiger partial charge in [-0.15, -0.1) is 0 Å². The van der Waals surface area contributed by atoms with Crippen molar-refractivity contribution in [2.45, 2.75) is 155 Å². The Balaban J connectivity index is 1.64. The second kappa shape index (κ2) is 13.7. The zero-order chi connectivity index (χ0) is 46.6. The molecule has 1 aromatic rings. The molecule has 0 aromatic carbocycles. The molecule has 18 heteroatoms. The molecule has 3 saturated heterocycles. The highest BCUT2D eigenvalue weighted by Crippen LogP contribution is 2.90. The predicted molar refractivity (Wildman–Crippen MR) is 210 cm³/mol. The summed E-state index contributed by atoms with van der Waals surface area (Å²) in [6.45, 7) is 18.2. The Morgan fingerprint density at radius 3 is 1.94 bits per heavy atom. The third-order valence-corrected chi connectivity index (χ3v) is 15.7. The van der Waals surface area contributed by atoms with E-state index in [1.807, 2.05) is 0 Å². The van der Waals surface area contributed by atoms with Gasteiger partial charge in [0.2, 0.25) is 0 Å². The quantitative estimate of drug-likeness (QED) is 0.144. The molecule has 2 spiro atoms. The first-order valence-electron chi connectivity index (χ1n) is 21.5. The summed E-state index contributed by atoms with van der Waals surface area (Å²) >= 11 is 0. The fourth-order valence-electron chi connectivity index (χ4n) is 13.8. The van der Waals surface area contributed by atoms with Gasteiger partial charge in [0, 0.05) is 55.4 Å². The summed E-state index contributed by atoms with van der Waals surface area (Å²) in [5.74, 6) is -13.2. The molecule has 63 heavy (non-hydrogen) atoms. The molecule has 8 rings (SSSR count). The van der Waals surface area contributed by atoms with Crippen molar-refractivity contribution in [3.05, 3.63) is 35.5 Å². The maximum atomic E-state index is 15.1. The van der Waals surface area contributed by atoms with Gasteiger partial charge < -0.3 is 57.3 Å². The monoisotopic (exact) mass is 886 g/mol. The molecule has 2 N–H and O–H groups in total. The van der Waals surface area contributed by atoms with Crippen LogP contribution in [0.1, 0.15) is 108 Å². The first-order chi connectivity index (χ1) is 29.2. The van der Waals surface area contributed by atoms with Crippen LogP contribution in [-0.4, -0.2) is 106 Å². The van der Waals surface area contributed by atoms with Gasteiger partial charge in [0.25, 0.3) is 5.97 Å². The van der Waals surface area contributed by atoms with E-state index in [0.717, 1.165) is 13.8 Å². The van der Waals surface area contributed by atoms with Crippen LogP contribution in [0.25, 0.3) is 0 Å². The molecule has 0 amide bonds. The largest absolute Gasteiger partial charge is 0.511 e.